The van der Waals surface area contributed by atoms with Crippen molar-refractivity contribution in [1.29, 1.82) is 0 Å². The molecule has 0 unspecified atom stereocenters. The van der Waals surface area contributed by atoms with E-state index >= 15 is 0 Å². The fourth-order valence-corrected chi connectivity index (χ4v) is 1.15. The maximum absolute atomic E-state index is 10.5. The van der Waals surface area contributed by atoms with Crippen LogP contribution in [0.5, 0.6) is 0 Å². The first-order valence-corrected chi connectivity index (χ1v) is 4.34. The maximum atomic E-state index is 10.5. The van der Waals surface area contributed by atoms with Gasteiger partial charge in [-0.3, -0.25) is 4.79 Å². The highest BCUT2D eigenvalue weighted by Gasteiger charge is 2.01. The number of nitrogen functional groups attached to an aromatic ring is 1. The van der Waals surface area contributed by atoms with Crippen LogP contribution in [0.1, 0.15) is 12.0 Å². The Labute approximate surface area is 86.6 Å². The van der Waals surface area contributed by atoms with Gasteiger partial charge in [0, 0.05) is 23.9 Å². The monoisotopic (exact) mass is 211 g/mol. The van der Waals surface area contributed by atoms with Gasteiger partial charge in [0.15, 0.2) is 0 Å². The Bertz CT molecular complexity index is 356. The first kappa shape index (κ1) is 10.5. The molecule has 14 heavy (non-hydrogen) atoms. The molecule has 0 radical (unpaired) electrons. The Kier molecular flexibility index (Phi) is 3.48. The Morgan fingerprint density at radius 2 is 2.36 bits per heavy atom. The minimum absolute atomic E-state index is 0.157. The van der Waals surface area contributed by atoms with E-state index in [1.807, 2.05) is 0 Å². The number of halogens is 1. The van der Waals surface area contributed by atoms with E-state index in [0.29, 0.717) is 16.4 Å². The molecule has 0 saturated heterocycles. The van der Waals surface area contributed by atoms with Crippen molar-refractivity contribution in [2.24, 2.45) is 5.73 Å². The normalized spacial score (nSPS) is 10.6. The predicted molar refractivity (Wildman–Crippen MR) is 56.5 cm³/mol. The molecule has 0 bridgehead atoms. The molecule has 1 aromatic rings. The molecule has 0 aliphatic rings. The lowest BCUT2D eigenvalue weighted by Gasteiger charge is -2.00. The summed E-state index contributed by atoms with van der Waals surface area (Å²) in [5, 5.41) is 0.311. The van der Waals surface area contributed by atoms with Crippen molar-refractivity contribution >= 4 is 29.3 Å². The molecule has 4 N–H and O–H groups in total. The number of aromatic nitrogens is 1. The SMILES string of the molecule is NC(=O)CC=Cc1c(N)ccnc1Cl. The molecule has 1 aromatic heterocycles. The lowest BCUT2D eigenvalue weighted by atomic mass is 10.2. The van der Waals surface area contributed by atoms with Crippen LogP contribution in [0.4, 0.5) is 5.69 Å². The number of carbonyl (C=O) groups excluding carboxylic acids is 1. The van der Waals surface area contributed by atoms with Crippen LogP contribution in [0.3, 0.4) is 0 Å². The van der Waals surface area contributed by atoms with Crippen LogP contribution in [0.15, 0.2) is 18.3 Å². The molecule has 4 nitrogen and oxygen atoms in total. The quantitative estimate of drug-likeness (QED) is 0.738. The van der Waals surface area contributed by atoms with E-state index < -0.39 is 5.91 Å². The topological polar surface area (TPSA) is 82.0 Å². The summed E-state index contributed by atoms with van der Waals surface area (Å²) < 4.78 is 0. The summed E-state index contributed by atoms with van der Waals surface area (Å²) in [5.41, 5.74) is 11.7. The number of rotatable bonds is 3. The van der Waals surface area contributed by atoms with E-state index in [1.54, 1.807) is 18.2 Å². The number of anilines is 1. The van der Waals surface area contributed by atoms with Gasteiger partial charge in [0.2, 0.25) is 5.91 Å². The molecular formula is C9H10ClN3O. The summed E-state index contributed by atoms with van der Waals surface area (Å²) in [6, 6.07) is 1.63. The Morgan fingerprint density at radius 3 is 2.93 bits per heavy atom. The van der Waals surface area contributed by atoms with Gasteiger partial charge in [-0.2, -0.15) is 0 Å². The van der Waals surface area contributed by atoms with Crippen molar-refractivity contribution in [2.45, 2.75) is 6.42 Å². The van der Waals surface area contributed by atoms with E-state index in [-0.39, 0.29) is 6.42 Å². The van der Waals surface area contributed by atoms with Crippen molar-refractivity contribution < 1.29 is 4.79 Å². The third kappa shape index (κ3) is 2.74. The number of hydrogen-bond acceptors (Lipinski definition) is 3. The molecule has 0 spiro atoms. The number of carbonyl (C=O) groups is 1. The predicted octanol–water partition coefficient (Wildman–Crippen LogP) is 1.21. The molecule has 0 aliphatic heterocycles. The van der Waals surface area contributed by atoms with Crippen LogP contribution in [-0.2, 0) is 4.79 Å². The van der Waals surface area contributed by atoms with Crippen LogP contribution >= 0.6 is 11.6 Å². The highest BCUT2D eigenvalue weighted by Crippen LogP contribution is 2.20. The van der Waals surface area contributed by atoms with Gasteiger partial charge in [0.1, 0.15) is 5.15 Å². The fraction of sp³-hybridized carbons (Fsp3) is 0.111. The number of nitrogens with zero attached hydrogens (tertiary/aromatic N) is 1. The van der Waals surface area contributed by atoms with E-state index in [4.69, 9.17) is 23.1 Å². The second-order valence-electron chi connectivity index (χ2n) is 2.68. The standard InChI is InChI=1S/C9H10ClN3O/c10-9-6(2-1-3-8(12)14)7(11)4-5-13-9/h1-2,4-5H,3H2,(H2,11,13)(H2,12,14). The van der Waals surface area contributed by atoms with Crippen molar-refractivity contribution in [3.8, 4) is 0 Å². The van der Waals surface area contributed by atoms with E-state index in [9.17, 15) is 4.79 Å². The third-order valence-electron chi connectivity index (χ3n) is 1.58. The molecule has 1 rings (SSSR count). The largest absolute Gasteiger partial charge is 0.398 e. The highest BCUT2D eigenvalue weighted by molar-refractivity contribution is 6.31. The minimum Gasteiger partial charge on any atom is -0.398 e. The molecule has 74 valence electrons. The highest BCUT2D eigenvalue weighted by atomic mass is 35.5. The average molecular weight is 212 g/mol. The van der Waals surface area contributed by atoms with E-state index in [0.717, 1.165) is 0 Å². The number of nitrogens with two attached hydrogens (primary N) is 2. The molecule has 5 heteroatoms. The number of pyridine rings is 1. The smallest absolute Gasteiger partial charge is 0.221 e. The fourth-order valence-electron chi connectivity index (χ4n) is 0.919. The van der Waals surface area contributed by atoms with Gasteiger partial charge >= 0.3 is 0 Å². The molecule has 1 heterocycles. The van der Waals surface area contributed by atoms with Crippen molar-refractivity contribution in [2.75, 3.05) is 5.73 Å². The first-order chi connectivity index (χ1) is 6.61. The van der Waals surface area contributed by atoms with Gasteiger partial charge in [0.05, 0.1) is 0 Å². The number of primary amides is 1. The molecule has 0 atom stereocenters. The Hall–Kier alpha value is -1.55. The number of amides is 1. The molecule has 0 aliphatic carbocycles. The lowest BCUT2D eigenvalue weighted by molar-refractivity contribution is -0.117. The molecule has 1 amide bonds. The molecule has 0 saturated carbocycles. The van der Waals surface area contributed by atoms with Crippen molar-refractivity contribution in [3.63, 3.8) is 0 Å². The Morgan fingerprint density at radius 1 is 1.64 bits per heavy atom. The minimum atomic E-state index is -0.403. The zero-order chi connectivity index (χ0) is 10.6. The summed E-state index contributed by atoms with van der Waals surface area (Å²) >= 11 is 5.79. The summed E-state index contributed by atoms with van der Waals surface area (Å²) in [6.45, 7) is 0. The molecular weight excluding hydrogens is 202 g/mol. The third-order valence-corrected chi connectivity index (χ3v) is 1.88. The van der Waals surface area contributed by atoms with Gasteiger partial charge in [-0.25, -0.2) is 4.98 Å². The van der Waals surface area contributed by atoms with E-state index in [1.165, 1.54) is 6.20 Å². The van der Waals surface area contributed by atoms with Gasteiger partial charge in [0.25, 0.3) is 0 Å². The van der Waals surface area contributed by atoms with Crippen molar-refractivity contribution in [1.82, 2.24) is 4.98 Å². The zero-order valence-electron chi connectivity index (χ0n) is 7.40. The maximum Gasteiger partial charge on any atom is 0.221 e. The van der Waals surface area contributed by atoms with Gasteiger partial charge in [-0.05, 0) is 6.07 Å². The summed E-state index contributed by atoms with van der Waals surface area (Å²) in [6.07, 6.45) is 4.91. The summed E-state index contributed by atoms with van der Waals surface area (Å²) in [7, 11) is 0. The zero-order valence-corrected chi connectivity index (χ0v) is 8.16. The molecule has 0 aromatic carbocycles. The van der Waals surface area contributed by atoms with Gasteiger partial charge < -0.3 is 11.5 Å². The van der Waals surface area contributed by atoms with Gasteiger partial charge in [-0.15, -0.1) is 0 Å². The van der Waals surface area contributed by atoms with Crippen LogP contribution < -0.4 is 11.5 Å². The first-order valence-electron chi connectivity index (χ1n) is 3.96. The van der Waals surface area contributed by atoms with Crippen LogP contribution in [-0.4, -0.2) is 10.9 Å². The van der Waals surface area contributed by atoms with Gasteiger partial charge in [-0.1, -0.05) is 23.8 Å². The summed E-state index contributed by atoms with van der Waals surface area (Å²) in [4.78, 5) is 14.3. The van der Waals surface area contributed by atoms with Crippen LogP contribution in [0, 0.1) is 0 Å². The van der Waals surface area contributed by atoms with Crippen LogP contribution in [0.25, 0.3) is 6.08 Å². The molecule has 0 fully saturated rings. The van der Waals surface area contributed by atoms with Crippen molar-refractivity contribution in [3.05, 3.63) is 29.1 Å². The second-order valence-corrected chi connectivity index (χ2v) is 3.04. The summed E-state index contributed by atoms with van der Waals surface area (Å²) in [5.74, 6) is -0.403. The number of hydrogen-bond donors (Lipinski definition) is 2. The lowest BCUT2D eigenvalue weighted by Crippen LogP contribution is -2.07. The Balaban J connectivity index is 2.85. The van der Waals surface area contributed by atoms with E-state index in [2.05, 4.69) is 4.98 Å². The average Bonchev–Trinajstić information content (AvgIpc) is 2.09. The van der Waals surface area contributed by atoms with Crippen LogP contribution in [0.2, 0.25) is 5.15 Å². The second kappa shape index (κ2) is 4.62.